The topological polar surface area (TPSA) is 32.3 Å². The van der Waals surface area contributed by atoms with E-state index in [1.54, 1.807) is 6.07 Å². The number of halogens is 5. The molecule has 2 rings (SSSR count). The molecule has 0 aliphatic rings. The fourth-order valence-electron chi connectivity index (χ4n) is 1.33. The van der Waals surface area contributed by atoms with Gasteiger partial charge in [-0.05, 0) is 62.0 Å². The number of phenolic OH excluding ortho intramolecular Hbond substituents is 1. The van der Waals surface area contributed by atoms with Crippen molar-refractivity contribution < 1.29 is 13.9 Å². The van der Waals surface area contributed by atoms with Crippen LogP contribution in [0.4, 0.5) is 14.5 Å². The molecule has 2 aromatic carbocycles. The zero-order valence-corrected chi connectivity index (χ0v) is 14.3. The van der Waals surface area contributed by atoms with Crippen molar-refractivity contribution in [1.29, 1.82) is 0 Å². The van der Waals surface area contributed by atoms with Crippen LogP contribution < -0.4 is 4.72 Å². The third-order valence-electron chi connectivity index (χ3n) is 2.29. The SMILES string of the molecule is Oc1cc(NSc2c(F)c(Br)cc(F)c2Br)ccc1Cl. The highest BCUT2D eigenvalue weighted by molar-refractivity contribution is 9.11. The molecule has 0 aromatic heterocycles. The summed E-state index contributed by atoms with van der Waals surface area (Å²) in [5.41, 5.74) is 0.503. The summed E-state index contributed by atoms with van der Waals surface area (Å²) in [4.78, 5) is 0.0614. The highest BCUT2D eigenvalue weighted by atomic mass is 79.9. The van der Waals surface area contributed by atoms with Crippen LogP contribution in [0.15, 0.2) is 38.1 Å². The predicted octanol–water partition coefficient (Wildman–Crippen LogP) is 5.97. The molecule has 0 spiro atoms. The van der Waals surface area contributed by atoms with Crippen LogP contribution in [0.3, 0.4) is 0 Å². The molecule has 0 heterocycles. The Bertz CT molecular complexity index is 646. The van der Waals surface area contributed by atoms with Gasteiger partial charge in [0.25, 0.3) is 0 Å². The van der Waals surface area contributed by atoms with E-state index in [1.165, 1.54) is 12.1 Å². The molecule has 0 saturated heterocycles. The molecule has 2 nitrogen and oxygen atoms in total. The average Bonchev–Trinajstić information content (AvgIpc) is 2.40. The first-order chi connectivity index (χ1) is 9.40. The molecular formula is C12H6Br2ClF2NOS. The third-order valence-corrected chi connectivity index (χ3v) is 5.15. The van der Waals surface area contributed by atoms with Gasteiger partial charge >= 0.3 is 0 Å². The molecule has 0 aliphatic heterocycles. The summed E-state index contributed by atoms with van der Waals surface area (Å²) in [6.45, 7) is 0. The van der Waals surface area contributed by atoms with E-state index < -0.39 is 11.6 Å². The van der Waals surface area contributed by atoms with Gasteiger partial charge in [0.1, 0.15) is 11.6 Å². The van der Waals surface area contributed by atoms with E-state index in [9.17, 15) is 13.9 Å². The normalized spacial score (nSPS) is 10.7. The highest BCUT2D eigenvalue weighted by Gasteiger charge is 2.16. The zero-order chi connectivity index (χ0) is 14.9. The Morgan fingerprint density at radius 3 is 2.55 bits per heavy atom. The molecule has 0 saturated carbocycles. The smallest absolute Gasteiger partial charge is 0.154 e. The van der Waals surface area contributed by atoms with Gasteiger partial charge in [0, 0.05) is 11.8 Å². The third kappa shape index (κ3) is 3.39. The molecule has 8 heteroatoms. The minimum Gasteiger partial charge on any atom is -0.506 e. The first-order valence-corrected chi connectivity index (χ1v) is 7.92. The molecule has 0 atom stereocenters. The Labute approximate surface area is 139 Å². The Hall–Kier alpha value is -0.500. The van der Waals surface area contributed by atoms with Crippen molar-refractivity contribution in [1.82, 2.24) is 0 Å². The molecule has 20 heavy (non-hydrogen) atoms. The van der Waals surface area contributed by atoms with Crippen molar-refractivity contribution in [2.24, 2.45) is 0 Å². The van der Waals surface area contributed by atoms with Crippen LogP contribution in [-0.4, -0.2) is 5.11 Å². The maximum absolute atomic E-state index is 13.9. The van der Waals surface area contributed by atoms with Crippen LogP contribution in [0, 0.1) is 11.6 Å². The second-order valence-electron chi connectivity index (χ2n) is 3.67. The fraction of sp³-hybridized carbons (Fsp3) is 0. The summed E-state index contributed by atoms with van der Waals surface area (Å²) in [5.74, 6) is -1.27. The van der Waals surface area contributed by atoms with E-state index in [1.807, 2.05) is 0 Å². The zero-order valence-electron chi connectivity index (χ0n) is 9.55. The van der Waals surface area contributed by atoms with E-state index in [2.05, 4.69) is 36.6 Å². The van der Waals surface area contributed by atoms with Gasteiger partial charge in [0.2, 0.25) is 0 Å². The molecule has 0 fully saturated rings. The van der Waals surface area contributed by atoms with E-state index in [0.717, 1.165) is 18.0 Å². The number of phenols is 1. The van der Waals surface area contributed by atoms with Gasteiger partial charge in [0.05, 0.1) is 18.9 Å². The number of hydrogen-bond acceptors (Lipinski definition) is 3. The van der Waals surface area contributed by atoms with Gasteiger partial charge in [-0.15, -0.1) is 0 Å². The number of benzene rings is 2. The largest absolute Gasteiger partial charge is 0.506 e. The second kappa shape index (κ2) is 6.51. The molecule has 106 valence electrons. The summed E-state index contributed by atoms with van der Waals surface area (Å²) >= 11 is 12.5. The number of anilines is 1. The first-order valence-electron chi connectivity index (χ1n) is 5.14. The van der Waals surface area contributed by atoms with Gasteiger partial charge in [-0.25, -0.2) is 8.78 Å². The van der Waals surface area contributed by atoms with Crippen LogP contribution in [0.25, 0.3) is 0 Å². The lowest BCUT2D eigenvalue weighted by Crippen LogP contribution is -1.94. The highest BCUT2D eigenvalue weighted by Crippen LogP contribution is 2.37. The summed E-state index contributed by atoms with van der Waals surface area (Å²) < 4.78 is 30.3. The summed E-state index contributed by atoms with van der Waals surface area (Å²) in [6, 6.07) is 5.52. The van der Waals surface area contributed by atoms with Crippen molar-refractivity contribution in [3.8, 4) is 5.75 Å². The molecule has 0 amide bonds. The molecule has 0 unspecified atom stereocenters. The van der Waals surface area contributed by atoms with Crippen LogP contribution in [0.5, 0.6) is 5.75 Å². The quantitative estimate of drug-likeness (QED) is 0.451. The predicted molar refractivity (Wildman–Crippen MR) is 84.4 cm³/mol. The van der Waals surface area contributed by atoms with E-state index in [-0.39, 0.29) is 24.6 Å². The Morgan fingerprint density at radius 2 is 1.90 bits per heavy atom. The minimum absolute atomic E-state index is 0.0221. The maximum atomic E-state index is 13.9. The van der Waals surface area contributed by atoms with Crippen LogP contribution >= 0.6 is 55.4 Å². The number of aromatic hydroxyl groups is 1. The van der Waals surface area contributed by atoms with Gasteiger partial charge < -0.3 is 9.83 Å². The number of nitrogens with one attached hydrogen (secondary N) is 1. The van der Waals surface area contributed by atoms with Crippen molar-refractivity contribution >= 4 is 61.1 Å². The van der Waals surface area contributed by atoms with Crippen molar-refractivity contribution in [3.05, 3.63) is 49.9 Å². The maximum Gasteiger partial charge on any atom is 0.154 e. The lowest BCUT2D eigenvalue weighted by Gasteiger charge is -2.10. The monoisotopic (exact) mass is 443 g/mol. The van der Waals surface area contributed by atoms with E-state index in [4.69, 9.17) is 11.6 Å². The molecule has 2 N–H and O–H groups in total. The van der Waals surface area contributed by atoms with E-state index in [0.29, 0.717) is 5.69 Å². The summed E-state index contributed by atoms with van der Waals surface area (Å²) in [5, 5.41) is 9.67. The first kappa shape index (κ1) is 15.9. The van der Waals surface area contributed by atoms with Crippen LogP contribution in [0.1, 0.15) is 0 Å². The van der Waals surface area contributed by atoms with Crippen molar-refractivity contribution in [2.45, 2.75) is 4.90 Å². The number of hydrogen-bond donors (Lipinski definition) is 2. The summed E-state index contributed by atoms with van der Waals surface area (Å²) in [7, 11) is 0. The molecule has 0 radical (unpaired) electrons. The van der Waals surface area contributed by atoms with Crippen LogP contribution in [0.2, 0.25) is 5.02 Å². The molecular weight excluding hydrogens is 439 g/mol. The fourth-order valence-corrected chi connectivity index (χ4v) is 3.24. The standard InChI is InChI=1S/C12H6Br2ClF2NOS/c13-6-4-8(16)10(14)12(11(6)17)20-18-5-1-2-7(15)9(19)3-5/h1-4,18-19H. The lowest BCUT2D eigenvalue weighted by atomic mass is 10.3. The molecule has 0 aliphatic carbocycles. The summed E-state index contributed by atoms with van der Waals surface area (Å²) in [6.07, 6.45) is 0. The Balaban J connectivity index is 2.25. The lowest BCUT2D eigenvalue weighted by molar-refractivity contribution is 0.476. The second-order valence-corrected chi connectivity index (χ2v) is 6.54. The minimum atomic E-state index is -0.589. The van der Waals surface area contributed by atoms with Crippen molar-refractivity contribution in [3.63, 3.8) is 0 Å². The Kier molecular flexibility index (Phi) is 5.17. The average molecular weight is 446 g/mol. The van der Waals surface area contributed by atoms with Gasteiger partial charge in [0.15, 0.2) is 5.82 Å². The van der Waals surface area contributed by atoms with Gasteiger partial charge in [-0.3, -0.25) is 0 Å². The molecule has 2 aromatic rings. The van der Waals surface area contributed by atoms with Crippen LogP contribution in [-0.2, 0) is 0 Å². The van der Waals surface area contributed by atoms with E-state index >= 15 is 0 Å². The van der Waals surface area contributed by atoms with Gasteiger partial charge in [-0.2, -0.15) is 0 Å². The van der Waals surface area contributed by atoms with Crippen molar-refractivity contribution in [2.75, 3.05) is 4.72 Å². The Morgan fingerprint density at radius 1 is 1.20 bits per heavy atom. The van der Waals surface area contributed by atoms with Gasteiger partial charge in [-0.1, -0.05) is 11.6 Å². The molecule has 0 bridgehead atoms. The number of rotatable bonds is 3.